The van der Waals surface area contributed by atoms with Crippen molar-refractivity contribution in [3.05, 3.63) is 30.2 Å². The van der Waals surface area contributed by atoms with Gasteiger partial charge in [0.05, 0.1) is 5.56 Å². The maximum atomic E-state index is 11.0. The number of pyridine rings is 1. The minimum absolute atomic E-state index is 0.278. The van der Waals surface area contributed by atoms with Gasteiger partial charge in [0.25, 0.3) is 5.91 Å². The van der Waals surface area contributed by atoms with Crippen LogP contribution in [-0.4, -0.2) is 31.1 Å². The lowest BCUT2D eigenvalue weighted by molar-refractivity contribution is 0.1000. The quantitative estimate of drug-likeness (QED) is 0.665. The first-order valence-electron chi connectivity index (χ1n) is 3.77. The summed E-state index contributed by atoms with van der Waals surface area (Å²) in [4.78, 5) is 15.0. The monoisotopic (exact) mass is 190 g/mol. The Kier molecular flexibility index (Phi) is 1.90. The number of hydrogen-bond donors (Lipinski definition) is 1. The van der Waals surface area contributed by atoms with E-state index in [0.717, 1.165) is 0 Å². The summed E-state index contributed by atoms with van der Waals surface area (Å²) in [7, 11) is 0. The Hall–Kier alpha value is -2.31. The van der Waals surface area contributed by atoms with E-state index < -0.39 is 5.91 Å². The van der Waals surface area contributed by atoms with Crippen molar-refractivity contribution >= 4 is 5.91 Å². The number of carbonyl (C=O) groups excluding carboxylic acids is 1. The number of carbonyl (C=O) groups is 1. The van der Waals surface area contributed by atoms with Crippen LogP contribution in [0.2, 0.25) is 0 Å². The molecule has 0 bridgehead atoms. The number of aromatic nitrogens is 5. The molecule has 2 aromatic rings. The van der Waals surface area contributed by atoms with Crippen molar-refractivity contribution in [2.75, 3.05) is 0 Å². The lowest BCUT2D eigenvalue weighted by atomic mass is 10.2. The van der Waals surface area contributed by atoms with Gasteiger partial charge in [0.1, 0.15) is 6.33 Å². The third-order valence-electron chi connectivity index (χ3n) is 1.62. The molecule has 0 fully saturated rings. The molecule has 0 aromatic carbocycles. The second-order valence-electron chi connectivity index (χ2n) is 2.49. The molecule has 2 aromatic heterocycles. The fourth-order valence-electron chi connectivity index (χ4n) is 1.03. The van der Waals surface area contributed by atoms with E-state index in [1.165, 1.54) is 17.2 Å². The van der Waals surface area contributed by atoms with Crippen LogP contribution in [0.15, 0.2) is 24.7 Å². The molecule has 0 aliphatic rings. The highest BCUT2D eigenvalue weighted by atomic mass is 16.1. The van der Waals surface area contributed by atoms with Crippen LogP contribution in [0.5, 0.6) is 0 Å². The van der Waals surface area contributed by atoms with Crippen molar-refractivity contribution in [1.82, 2.24) is 25.2 Å². The number of amides is 1. The summed E-state index contributed by atoms with van der Waals surface area (Å²) < 4.78 is 1.28. The standard InChI is InChI=1S/C7H6N6O/c8-6(14)5-2-1-3-9-7(5)13-4-10-11-12-13/h1-4H,(H2,8,14). The fourth-order valence-corrected chi connectivity index (χ4v) is 1.03. The van der Waals surface area contributed by atoms with Gasteiger partial charge >= 0.3 is 0 Å². The molecule has 7 nitrogen and oxygen atoms in total. The zero-order chi connectivity index (χ0) is 9.97. The Bertz CT molecular complexity index is 451. The predicted molar refractivity (Wildman–Crippen MR) is 45.5 cm³/mol. The zero-order valence-electron chi connectivity index (χ0n) is 7.03. The summed E-state index contributed by atoms with van der Waals surface area (Å²) in [5.41, 5.74) is 5.44. The van der Waals surface area contributed by atoms with Crippen LogP contribution < -0.4 is 5.73 Å². The first-order valence-corrected chi connectivity index (χ1v) is 3.77. The second-order valence-corrected chi connectivity index (χ2v) is 2.49. The molecule has 0 saturated heterocycles. The van der Waals surface area contributed by atoms with Crippen LogP contribution in [0.4, 0.5) is 0 Å². The van der Waals surface area contributed by atoms with Crippen molar-refractivity contribution in [1.29, 1.82) is 0 Å². The molecule has 70 valence electrons. The molecule has 0 spiro atoms. The summed E-state index contributed by atoms with van der Waals surface area (Å²) in [5.74, 6) is -0.242. The first-order chi connectivity index (χ1) is 6.79. The summed E-state index contributed by atoms with van der Waals surface area (Å²) in [6.45, 7) is 0. The van der Waals surface area contributed by atoms with Crippen molar-refractivity contribution < 1.29 is 4.79 Å². The lowest BCUT2D eigenvalue weighted by Gasteiger charge is -2.02. The van der Waals surface area contributed by atoms with E-state index >= 15 is 0 Å². The van der Waals surface area contributed by atoms with Crippen LogP contribution in [0, 0.1) is 0 Å². The van der Waals surface area contributed by atoms with Gasteiger partial charge in [-0.05, 0) is 22.6 Å². The Morgan fingerprint density at radius 1 is 1.50 bits per heavy atom. The summed E-state index contributed by atoms with van der Waals surface area (Å²) in [6, 6.07) is 3.18. The molecular formula is C7H6N6O. The maximum absolute atomic E-state index is 11.0. The molecule has 0 unspecified atom stereocenters. The molecule has 2 heterocycles. The van der Waals surface area contributed by atoms with Gasteiger partial charge in [-0.2, -0.15) is 4.68 Å². The topological polar surface area (TPSA) is 99.6 Å². The van der Waals surface area contributed by atoms with E-state index in [2.05, 4.69) is 20.5 Å². The molecule has 7 heteroatoms. The zero-order valence-corrected chi connectivity index (χ0v) is 7.03. The highest BCUT2D eigenvalue weighted by Gasteiger charge is 2.10. The molecule has 0 radical (unpaired) electrons. The largest absolute Gasteiger partial charge is 0.365 e. The molecule has 0 saturated carbocycles. The van der Waals surface area contributed by atoms with Crippen molar-refractivity contribution in [2.45, 2.75) is 0 Å². The number of tetrazole rings is 1. The van der Waals surface area contributed by atoms with Gasteiger partial charge < -0.3 is 5.73 Å². The molecule has 14 heavy (non-hydrogen) atoms. The van der Waals surface area contributed by atoms with Crippen molar-refractivity contribution in [3.63, 3.8) is 0 Å². The highest BCUT2D eigenvalue weighted by Crippen LogP contribution is 2.07. The second kappa shape index (κ2) is 3.21. The normalized spacial score (nSPS) is 10.0. The average molecular weight is 190 g/mol. The number of rotatable bonds is 2. The van der Waals surface area contributed by atoms with Gasteiger partial charge in [0.2, 0.25) is 0 Å². The smallest absolute Gasteiger partial charge is 0.252 e. The van der Waals surface area contributed by atoms with Crippen LogP contribution in [0.3, 0.4) is 0 Å². The maximum Gasteiger partial charge on any atom is 0.252 e. The van der Waals surface area contributed by atoms with Crippen LogP contribution in [0.1, 0.15) is 10.4 Å². The Morgan fingerprint density at radius 3 is 3.00 bits per heavy atom. The van der Waals surface area contributed by atoms with Crippen molar-refractivity contribution in [3.8, 4) is 5.82 Å². The van der Waals surface area contributed by atoms with Gasteiger partial charge in [0, 0.05) is 6.20 Å². The highest BCUT2D eigenvalue weighted by molar-refractivity contribution is 5.95. The van der Waals surface area contributed by atoms with E-state index in [0.29, 0.717) is 5.82 Å². The molecule has 1 amide bonds. The van der Waals surface area contributed by atoms with Crippen LogP contribution >= 0.6 is 0 Å². The predicted octanol–water partition coefficient (Wildman–Crippen LogP) is -0.844. The Morgan fingerprint density at radius 2 is 2.36 bits per heavy atom. The summed E-state index contributed by atoms with van der Waals surface area (Å²) >= 11 is 0. The van der Waals surface area contributed by atoms with E-state index in [1.54, 1.807) is 12.1 Å². The fraction of sp³-hybridized carbons (Fsp3) is 0. The summed E-state index contributed by atoms with van der Waals surface area (Å²) in [5, 5.41) is 10.5. The molecule has 2 N–H and O–H groups in total. The number of nitrogens with zero attached hydrogens (tertiary/aromatic N) is 5. The van der Waals surface area contributed by atoms with Gasteiger partial charge in [-0.3, -0.25) is 4.79 Å². The molecule has 2 rings (SSSR count). The molecular weight excluding hydrogens is 184 g/mol. The lowest BCUT2D eigenvalue weighted by Crippen LogP contribution is -2.16. The van der Waals surface area contributed by atoms with Gasteiger partial charge in [-0.15, -0.1) is 5.10 Å². The molecule has 0 aliphatic heterocycles. The van der Waals surface area contributed by atoms with Crippen LogP contribution in [0.25, 0.3) is 5.82 Å². The third kappa shape index (κ3) is 1.30. The van der Waals surface area contributed by atoms with Gasteiger partial charge in [0.15, 0.2) is 5.82 Å². The van der Waals surface area contributed by atoms with E-state index in [4.69, 9.17) is 5.73 Å². The van der Waals surface area contributed by atoms with E-state index in [9.17, 15) is 4.79 Å². The molecule has 0 aliphatic carbocycles. The van der Waals surface area contributed by atoms with E-state index in [1.807, 2.05) is 0 Å². The first kappa shape index (κ1) is 8.30. The Balaban J connectivity index is 2.58. The summed E-state index contributed by atoms with van der Waals surface area (Å²) in [6.07, 6.45) is 2.87. The SMILES string of the molecule is NC(=O)c1cccnc1-n1cnnn1. The minimum atomic E-state index is -0.566. The average Bonchev–Trinajstić information content (AvgIpc) is 2.70. The Labute approximate surface area is 78.6 Å². The van der Waals surface area contributed by atoms with E-state index in [-0.39, 0.29) is 5.56 Å². The number of primary amides is 1. The number of hydrogen-bond acceptors (Lipinski definition) is 5. The van der Waals surface area contributed by atoms with Gasteiger partial charge in [-0.25, -0.2) is 4.98 Å². The molecule has 0 atom stereocenters. The van der Waals surface area contributed by atoms with Gasteiger partial charge in [-0.1, -0.05) is 0 Å². The number of nitrogens with two attached hydrogens (primary N) is 1. The van der Waals surface area contributed by atoms with Crippen molar-refractivity contribution in [2.24, 2.45) is 5.73 Å². The van der Waals surface area contributed by atoms with Crippen LogP contribution in [-0.2, 0) is 0 Å². The minimum Gasteiger partial charge on any atom is -0.365 e. The third-order valence-corrected chi connectivity index (χ3v) is 1.62.